The van der Waals surface area contributed by atoms with Gasteiger partial charge in [0.2, 0.25) is 17.7 Å². The molecule has 1 saturated carbocycles. The number of benzene rings is 1. The summed E-state index contributed by atoms with van der Waals surface area (Å²) < 4.78 is 12.5. The molecule has 0 amide bonds. The SMILES string of the molecule is Brc1ccc(-c2nnc(CSc3nnc(C4CCCCC4)o3)o2)cc1. The second-order valence-corrected chi connectivity index (χ2v) is 7.88. The van der Waals surface area contributed by atoms with Gasteiger partial charge in [0.15, 0.2) is 0 Å². The zero-order chi connectivity index (χ0) is 17.1. The Kier molecular flexibility index (Phi) is 5.17. The molecular formula is C17H17BrN4O2S. The molecule has 1 aliphatic carbocycles. The first-order valence-corrected chi connectivity index (χ1v) is 10.1. The average molecular weight is 421 g/mol. The zero-order valence-corrected chi connectivity index (χ0v) is 15.9. The van der Waals surface area contributed by atoms with Crippen molar-refractivity contribution in [3.8, 4) is 11.5 Å². The van der Waals surface area contributed by atoms with E-state index in [-0.39, 0.29) is 0 Å². The molecule has 0 bridgehead atoms. The molecule has 0 saturated heterocycles. The molecule has 1 aliphatic rings. The van der Waals surface area contributed by atoms with E-state index in [4.69, 9.17) is 8.83 Å². The van der Waals surface area contributed by atoms with Gasteiger partial charge in [-0.3, -0.25) is 0 Å². The summed E-state index contributed by atoms with van der Waals surface area (Å²) in [6.07, 6.45) is 6.09. The Balaban J connectivity index is 1.37. The van der Waals surface area contributed by atoms with Gasteiger partial charge in [0.25, 0.3) is 5.22 Å². The van der Waals surface area contributed by atoms with E-state index >= 15 is 0 Å². The molecule has 0 N–H and O–H groups in total. The van der Waals surface area contributed by atoms with Crippen LogP contribution < -0.4 is 0 Å². The number of aromatic nitrogens is 4. The summed E-state index contributed by atoms with van der Waals surface area (Å²) in [4.78, 5) is 0. The number of rotatable bonds is 5. The molecule has 4 rings (SSSR count). The van der Waals surface area contributed by atoms with Crippen molar-refractivity contribution in [2.75, 3.05) is 0 Å². The quantitative estimate of drug-likeness (QED) is 0.523. The van der Waals surface area contributed by atoms with Crippen LogP contribution in [0.4, 0.5) is 0 Å². The van der Waals surface area contributed by atoms with Crippen LogP contribution in [0.5, 0.6) is 0 Å². The standard InChI is InChI=1S/C17H17BrN4O2S/c18-13-8-6-12(7-9-13)15-20-19-14(23-15)10-25-17-22-21-16(24-17)11-4-2-1-3-5-11/h6-9,11H,1-5,10H2. The van der Waals surface area contributed by atoms with Gasteiger partial charge in [0, 0.05) is 16.0 Å². The van der Waals surface area contributed by atoms with Gasteiger partial charge in [-0.2, -0.15) is 0 Å². The first-order valence-electron chi connectivity index (χ1n) is 8.32. The van der Waals surface area contributed by atoms with E-state index in [0.29, 0.717) is 28.7 Å². The van der Waals surface area contributed by atoms with Crippen LogP contribution in [0, 0.1) is 0 Å². The van der Waals surface area contributed by atoms with Crippen molar-refractivity contribution in [3.05, 3.63) is 40.5 Å². The highest BCUT2D eigenvalue weighted by molar-refractivity contribution is 9.10. The minimum Gasteiger partial charge on any atom is -0.420 e. The Bertz CT molecular complexity index is 827. The molecular weight excluding hydrogens is 404 g/mol. The van der Waals surface area contributed by atoms with E-state index in [0.717, 1.165) is 28.8 Å². The second kappa shape index (κ2) is 7.70. The molecule has 25 heavy (non-hydrogen) atoms. The molecule has 1 aromatic carbocycles. The monoisotopic (exact) mass is 420 g/mol. The van der Waals surface area contributed by atoms with E-state index in [2.05, 4.69) is 36.3 Å². The van der Waals surface area contributed by atoms with Crippen molar-refractivity contribution >= 4 is 27.7 Å². The van der Waals surface area contributed by atoms with Crippen LogP contribution in [0.2, 0.25) is 0 Å². The van der Waals surface area contributed by atoms with Crippen LogP contribution in [-0.4, -0.2) is 20.4 Å². The normalized spacial score (nSPS) is 15.6. The molecule has 3 aromatic rings. The molecule has 2 aromatic heterocycles. The molecule has 0 spiro atoms. The van der Waals surface area contributed by atoms with Crippen LogP contribution in [0.15, 0.2) is 42.8 Å². The first-order chi connectivity index (χ1) is 12.3. The second-order valence-electron chi connectivity index (χ2n) is 6.04. The summed E-state index contributed by atoms with van der Waals surface area (Å²) in [7, 11) is 0. The maximum absolute atomic E-state index is 5.80. The number of halogens is 1. The topological polar surface area (TPSA) is 77.8 Å². The average Bonchev–Trinajstić information content (AvgIpc) is 3.31. The fourth-order valence-corrected chi connectivity index (χ4v) is 3.81. The summed E-state index contributed by atoms with van der Waals surface area (Å²) in [5.74, 6) is 2.75. The van der Waals surface area contributed by atoms with Crippen LogP contribution in [0.1, 0.15) is 49.8 Å². The lowest BCUT2D eigenvalue weighted by Gasteiger charge is -2.17. The molecule has 2 heterocycles. The van der Waals surface area contributed by atoms with E-state index in [1.165, 1.54) is 31.0 Å². The number of hydrogen-bond acceptors (Lipinski definition) is 7. The summed E-state index contributed by atoms with van der Waals surface area (Å²) >= 11 is 4.84. The Morgan fingerprint density at radius 3 is 2.56 bits per heavy atom. The Labute approximate surface area is 157 Å². The summed E-state index contributed by atoms with van der Waals surface area (Å²) in [6.45, 7) is 0. The Morgan fingerprint density at radius 2 is 1.76 bits per heavy atom. The van der Waals surface area contributed by atoms with Crippen molar-refractivity contribution in [2.24, 2.45) is 0 Å². The fourth-order valence-electron chi connectivity index (χ4n) is 2.94. The number of nitrogens with zero attached hydrogens (tertiary/aromatic N) is 4. The maximum atomic E-state index is 5.80. The molecule has 0 radical (unpaired) electrons. The van der Waals surface area contributed by atoms with Crippen molar-refractivity contribution in [1.29, 1.82) is 0 Å². The highest BCUT2D eigenvalue weighted by Gasteiger charge is 2.21. The third-order valence-corrected chi connectivity index (χ3v) is 5.59. The number of hydrogen-bond donors (Lipinski definition) is 0. The van der Waals surface area contributed by atoms with E-state index < -0.39 is 0 Å². The van der Waals surface area contributed by atoms with Gasteiger partial charge >= 0.3 is 0 Å². The van der Waals surface area contributed by atoms with E-state index in [1.54, 1.807) is 0 Å². The van der Waals surface area contributed by atoms with Gasteiger partial charge in [0.1, 0.15) is 0 Å². The molecule has 0 unspecified atom stereocenters. The van der Waals surface area contributed by atoms with Crippen molar-refractivity contribution in [2.45, 2.75) is 49.0 Å². The Morgan fingerprint density at radius 1 is 0.960 bits per heavy atom. The van der Waals surface area contributed by atoms with E-state index in [1.807, 2.05) is 24.3 Å². The summed E-state index contributed by atoms with van der Waals surface area (Å²) in [5.41, 5.74) is 0.893. The van der Waals surface area contributed by atoms with Gasteiger partial charge in [0.05, 0.1) is 5.75 Å². The molecule has 1 fully saturated rings. The minimum absolute atomic E-state index is 0.419. The zero-order valence-electron chi connectivity index (χ0n) is 13.5. The maximum Gasteiger partial charge on any atom is 0.277 e. The lowest BCUT2D eigenvalue weighted by molar-refractivity contribution is 0.334. The molecule has 0 aliphatic heterocycles. The molecule has 0 atom stereocenters. The molecule has 8 heteroatoms. The lowest BCUT2D eigenvalue weighted by Crippen LogP contribution is -2.04. The highest BCUT2D eigenvalue weighted by atomic mass is 79.9. The van der Waals surface area contributed by atoms with Crippen LogP contribution in [-0.2, 0) is 5.75 Å². The smallest absolute Gasteiger partial charge is 0.277 e. The largest absolute Gasteiger partial charge is 0.420 e. The van der Waals surface area contributed by atoms with Gasteiger partial charge in [-0.15, -0.1) is 20.4 Å². The van der Waals surface area contributed by atoms with Gasteiger partial charge in [-0.1, -0.05) is 47.0 Å². The molecule has 6 nitrogen and oxygen atoms in total. The summed E-state index contributed by atoms with van der Waals surface area (Å²) in [6, 6.07) is 7.75. The predicted molar refractivity (Wildman–Crippen MR) is 97.1 cm³/mol. The minimum atomic E-state index is 0.419. The lowest BCUT2D eigenvalue weighted by atomic mass is 9.89. The molecule has 130 valence electrons. The summed E-state index contributed by atoms with van der Waals surface area (Å²) in [5, 5.41) is 17.1. The van der Waals surface area contributed by atoms with E-state index in [9.17, 15) is 0 Å². The van der Waals surface area contributed by atoms with Gasteiger partial charge < -0.3 is 8.83 Å². The third kappa shape index (κ3) is 4.12. The Hall–Kier alpha value is -1.67. The van der Waals surface area contributed by atoms with Crippen molar-refractivity contribution < 1.29 is 8.83 Å². The van der Waals surface area contributed by atoms with Gasteiger partial charge in [-0.25, -0.2) is 0 Å². The van der Waals surface area contributed by atoms with Crippen LogP contribution >= 0.6 is 27.7 Å². The first kappa shape index (κ1) is 16.8. The number of thioether (sulfide) groups is 1. The van der Waals surface area contributed by atoms with Crippen molar-refractivity contribution in [3.63, 3.8) is 0 Å². The fraction of sp³-hybridized carbons (Fsp3) is 0.412. The van der Waals surface area contributed by atoms with Crippen molar-refractivity contribution in [1.82, 2.24) is 20.4 Å². The highest BCUT2D eigenvalue weighted by Crippen LogP contribution is 2.33. The predicted octanol–water partition coefficient (Wildman–Crippen LogP) is 5.22. The van der Waals surface area contributed by atoms with Crippen LogP contribution in [0.3, 0.4) is 0 Å². The van der Waals surface area contributed by atoms with Crippen LogP contribution in [0.25, 0.3) is 11.5 Å². The van der Waals surface area contributed by atoms with Gasteiger partial charge in [-0.05, 0) is 37.1 Å². The third-order valence-electron chi connectivity index (χ3n) is 4.25.